The number of amides is 2. The molecule has 2 saturated heterocycles. The third kappa shape index (κ3) is 12.4. The molecule has 0 aliphatic carbocycles. The summed E-state index contributed by atoms with van der Waals surface area (Å²) >= 11 is 8.17. The molecule has 5 heterocycles. The normalized spacial score (nSPS) is 17.8. The minimum absolute atomic E-state index is 0.0339. The van der Waals surface area contributed by atoms with E-state index >= 15 is 0 Å². The molecule has 69 heavy (non-hydrogen) atoms. The summed E-state index contributed by atoms with van der Waals surface area (Å²) in [6, 6.07) is 25.4. The van der Waals surface area contributed by atoms with E-state index in [0.717, 1.165) is 127 Å². The van der Waals surface area contributed by atoms with Crippen LogP contribution in [0.5, 0.6) is 6.01 Å². The van der Waals surface area contributed by atoms with Crippen LogP contribution in [0.15, 0.2) is 77.8 Å². The van der Waals surface area contributed by atoms with E-state index in [0.29, 0.717) is 56.5 Å². The number of nitrogens with zero attached hydrogens (tertiary/aromatic N) is 9. The zero-order valence-electron chi connectivity index (χ0n) is 39.7. The Morgan fingerprint density at radius 2 is 1.91 bits per heavy atom. The maximum Gasteiger partial charge on any atom is 0.318 e. The number of nitrogens with one attached hydrogen (secondary N) is 2. The maximum atomic E-state index is 13.3. The highest BCUT2D eigenvalue weighted by molar-refractivity contribution is 7.10. The number of thiazole rings is 1. The standard InChI is InChI=1S/C53H62ClN11O3S/c1-3-9-46(62(2)52(67)40(33-56)32-49-59-26-31-69-49)38-18-15-37(16-19-38)17-20-48(66)58-24-4-5-27-63-28-8-12-42(63)36-68-53-60-45-35-64(47-14-7-11-39-10-6-13-44(54)50(39)47)29-22-43(45)51(61-53)65-30-25-57-41(34-65)21-23-55/h6-7,10-11,13-16,18-19,26,31-32,41-42,46,57H,3-5,8-9,12,17,20-22,24-25,27-30,34-36H2,1-2H3,(H,58,66)/b40-32+/t41-,42-,46?/m0/s1. The van der Waals surface area contributed by atoms with E-state index in [1.54, 1.807) is 24.2 Å². The van der Waals surface area contributed by atoms with Crippen molar-refractivity contribution in [1.82, 2.24) is 35.4 Å². The number of halogens is 1. The van der Waals surface area contributed by atoms with Crippen molar-refractivity contribution >= 4 is 63.1 Å². The van der Waals surface area contributed by atoms with Gasteiger partial charge >= 0.3 is 6.01 Å². The number of likely N-dealkylation sites (N-methyl/N-ethyl adjacent to an activating group) is 1. The highest BCUT2D eigenvalue weighted by Gasteiger charge is 2.31. The van der Waals surface area contributed by atoms with Crippen molar-refractivity contribution in [2.45, 2.75) is 95.8 Å². The second-order valence-corrected chi connectivity index (χ2v) is 19.5. The van der Waals surface area contributed by atoms with Crippen molar-refractivity contribution in [2.24, 2.45) is 0 Å². The van der Waals surface area contributed by atoms with Crippen LogP contribution in [-0.2, 0) is 29.0 Å². The van der Waals surface area contributed by atoms with Crippen molar-refractivity contribution in [1.29, 1.82) is 10.5 Å². The summed E-state index contributed by atoms with van der Waals surface area (Å²) in [7, 11) is 1.75. The number of nitriles is 2. The number of unbranched alkanes of at least 4 members (excludes halogenated alkanes) is 1. The average Bonchev–Trinajstić information content (AvgIpc) is 4.07. The van der Waals surface area contributed by atoms with Gasteiger partial charge in [-0.3, -0.25) is 14.5 Å². The van der Waals surface area contributed by atoms with Gasteiger partial charge in [0, 0.05) is 86.5 Å². The molecule has 3 atom stereocenters. The van der Waals surface area contributed by atoms with E-state index in [-0.39, 0.29) is 35.5 Å². The summed E-state index contributed by atoms with van der Waals surface area (Å²) in [5.74, 6) is 0.621. The van der Waals surface area contributed by atoms with Crippen LogP contribution in [0.2, 0.25) is 5.02 Å². The maximum absolute atomic E-state index is 13.3. The molecule has 1 unspecified atom stereocenters. The fourth-order valence-corrected chi connectivity index (χ4v) is 10.8. The van der Waals surface area contributed by atoms with E-state index in [9.17, 15) is 20.1 Å². The fraction of sp³-hybridized carbons (Fsp3) is 0.453. The largest absolute Gasteiger partial charge is 0.462 e. The number of hydrogen-bond donors (Lipinski definition) is 2. The van der Waals surface area contributed by atoms with Gasteiger partial charge in [-0.05, 0) is 92.8 Å². The lowest BCUT2D eigenvalue weighted by molar-refractivity contribution is -0.127. The molecule has 0 spiro atoms. The molecule has 14 nitrogen and oxygen atoms in total. The quantitative estimate of drug-likeness (QED) is 0.0436. The third-order valence-corrected chi connectivity index (χ3v) is 14.6. The molecule has 2 fully saturated rings. The Balaban J connectivity index is 0.815. The van der Waals surface area contributed by atoms with Gasteiger partial charge in [-0.25, -0.2) is 4.98 Å². The SMILES string of the molecule is CCCC(c1ccc(CCC(=O)NCCCCN2CCC[C@H]2COc2nc3c(c(N4CCN[C@@H](CC#N)C4)n2)CCN(c2cccc4cccc(Cl)c24)C3)cc1)N(C)C(=O)/C(C#N)=C/c1nccs1. The molecule has 3 aliphatic heterocycles. The molecule has 360 valence electrons. The van der Waals surface area contributed by atoms with E-state index in [1.807, 2.05) is 41.8 Å². The van der Waals surface area contributed by atoms with E-state index in [2.05, 4.69) is 73.6 Å². The number of likely N-dealkylation sites (tertiary alicyclic amines) is 1. The fourth-order valence-electron chi connectivity index (χ4n) is 9.95. The van der Waals surface area contributed by atoms with Gasteiger partial charge in [0.2, 0.25) is 5.91 Å². The highest BCUT2D eigenvalue weighted by Crippen LogP contribution is 2.37. The number of carbonyl (C=O) groups excluding carboxylic acids is 2. The first-order valence-electron chi connectivity index (χ1n) is 24.4. The summed E-state index contributed by atoms with van der Waals surface area (Å²) in [6.45, 7) is 8.84. The molecule has 3 aromatic carbocycles. The summed E-state index contributed by atoms with van der Waals surface area (Å²) in [6.07, 6.45) is 11.1. The van der Waals surface area contributed by atoms with E-state index < -0.39 is 0 Å². The Hall–Kier alpha value is -6.10. The van der Waals surface area contributed by atoms with Crippen LogP contribution in [0.4, 0.5) is 11.5 Å². The molecule has 8 rings (SSSR count). The van der Waals surface area contributed by atoms with Gasteiger partial charge in [0.15, 0.2) is 0 Å². The lowest BCUT2D eigenvalue weighted by Gasteiger charge is -2.37. The number of aromatic nitrogens is 3. The summed E-state index contributed by atoms with van der Waals surface area (Å²) in [5, 5.41) is 31.2. The van der Waals surface area contributed by atoms with Crippen LogP contribution in [-0.4, -0.2) is 108 Å². The molecule has 5 aromatic rings. The first-order chi connectivity index (χ1) is 33.7. The summed E-state index contributed by atoms with van der Waals surface area (Å²) in [4.78, 5) is 49.4. The molecular formula is C53H62ClN11O3S. The number of anilines is 2. The van der Waals surface area contributed by atoms with E-state index in [1.165, 1.54) is 11.3 Å². The number of carbonyl (C=O) groups is 2. The highest BCUT2D eigenvalue weighted by atomic mass is 35.5. The number of ether oxygens (including phenoxy) is 1. The van der Waals surface area contributed by atoms with Crippen molar-refractivity contribution in [3.63, 3.8) is 0 Å². The molecule has 2 aromatic heterocycles. The Bertz CT molecular complexity index is 2660. The van der Waals surface area contributed by atoms with Gasteiger partial charge in [0.05, 0.1) is 35.8 Å². The minimum Gasteiger partial charge on any atom is -0.462 e. The van der Waals surface area contributed by atoms with Crippen molar-refractivity contribution in [3.05, 3.63) is 110 Å². The molecule has 2 N–H and O–H groups in total. The average molecular weight is 969 g/mol. The predicted octanol–water partition coefficient (Wildman–Crippen LogP) is 8.27. The van der Waals surface area contributed by atoms with Crippen LogP contribution in [0.25, 0.3) is 16.8 Å². The first kappa shape index (κ1) is 49.3. The van der Waals surface area contributed by atoms with Crippen molar-refractivity contribution in [2.75, 3.05) is 69.3 Å². The monoisotopic (exact) mass is 967 g/mol. The lowest BCUT2D eigenvalue weighted by Crippen LogP contribution is -2.51. The summed E-state index contributed by atoms with van der Waals surface area (Å²) in [5.41, 5.74) is 5.32. The Morgan fingerprint density at radius 3 is 2.70 bits per heavy atom. The third-order valence-electron chi connectivity index (χ3n) is 13.6. The second kappa shape index (κ2) is 24.0. The van der Waals surface area contributed by atoms with Crippen LogP contribution in [0, 0.1) is 22.7 Å². The van der Waals surface area contributed by atoms with Crippen LogP contribution in [0.3, 0.4) is 0 Å². The topological polar surface area (TPSA) is 167 Å². The zero-order chi connectivity index (χ0) is 48.1. The van der Waals surface area contributed by atoms with Crippen LogP contribution in [0.1, 0.15) is 91.7 Å². The second-order valence-electron chi connectivity index (χ2n) is 18.2. The lowest BCUT2D eigenvalue weighted by atomic mass is 9.98. The number of hydrogen-bond acceptors (Lipinski definition) is 13. The van der Waals surface area contributed by atoms with Crippen LogP contribution >= 0.6 is 22.9 Å². The first-order valence-corrected chi connectivity index (χ1v) is 25.7. The zero-order valence-corrected chi connectivity index (χ0v) is 41.3. The number of rotatable bonds is 20. The van der Waals surface area contributed by atoms with Crippen molar-refractivity contribution < 1.29 is 14.3 Å². The molecule has 0 bridgehead atoms. The Kier molecular flexibility index (Phi) is 17.1. The van der Waals surface area contributed by atoms with Crippen molar-refractivity contribution in [3.8, 4) is 18.1 Å². The molecule has 16 heteroatoms. The molecular weight excluding hydrogens is 906 g/mol. The van der Waals surface area contributed by atoms with Gasteiger partial charge in [-0.15, -0.1) is 11.3 Å². The van der Waals surface area contributed by atoms with E-state index in [4.69, 9.17) is 26.3 Å². The molecule has 0 saturated carbocycles. The number of benzene rings is 3. The molecule has 0 radical (unpaired) electrons. The molecule has 3 aliphatic rings. The van der Waals surface area contributed by atoms with Crippen LogP contribution < -0.4 is 25.2 Å². The van der Waals surface area contributed by atoms with Gasteiger partial charge in [0.1, 0.15) is 29.1 Å². The molecule has 2 amide bonds. The predicted molar refractivity (Wildman–Crippen MR) is 273 cm³/mol. The van der Waals surface area contributed by atoms with Gasteiger partial charge in [0.25, 0.3) is 5.91 Å². The summed E-state index contributed by atoms with van der Waals surface area (Å²) < 4.78 is 6.54. The van der Waals surface area contributed by atoms with Gasteiger partial charge in [-0.2, -0.15) is 20.5 Å². The minimum atomic E-state index is -0.330. The smallest absolute Gasteiger partial charge is 0.318 e. The van der Waals surface area contributed by atoms with Gasteiger partial charge < -0.3 is 30.1 Å². The Labute approximate surface area is 414 Å². The number of piperazine rings is 1. The number of aryl methyl sites for hydroxylation is 1. The van der Waals surface area contributed by atoms with Gasteiger partial charge in [-0.1, -0.05) is 73.5 Å². The Morgan fingerprint density at radius 1 is 1.07 bits per heavy atom. The number of fused-ring (bicyclic) bond motifs is 2.